The van der Waals surface area contributed by atoms with Gasteiger partial charge in [-0.05, 0) is 31.4 Å². The minimum Gasteiger partial charge on any atom is -0.261 e. The Kier molecular flexibility index (Phi) is 21.5. The summed E-state index contributed by atoms with van der Waals surface area (Å²) in [6.45, 7) is 4.44. The van der Waals surface area contributed by atoms with Crippen LogP contribution in [0.5, 0.6) is 0 Å². The molecule has 0 aromatic carbocycles. The van der Waals surface area contributed by atoms with Crippen molar-refractivity contribution < 1.29 is 0 Å². The van der Waals surface area contributed by atoms with Gasteiger partial charge in [-0.2, -0.15) is 0 Å². The molecule has 1 rings (SSSR count). The van der Waals surface area contributed by atoms with E-state index in [0.29, 0.717) is 0 Å². The van der Waals surface area contributed by atoms with E-state index in [4.69, 9.17) is 0 Å². The van der Waals surface area contributed by atoms with Crippen LogP contribution in [-0.2, 0) is 0 Å². The molecule has 1 nitrogen and oxygen atoms in total. The van der Waals surface area contributed by atoms with Crippen molar-refractivity contribution in [2.45, 2.75) is 174 Å². The van der Waals surface area contributed by atoms with E-state index in [-0.39, 0.29) is 0 Å². The van der Waals surface area contributed by atoms with Crippen LogP contribution in [0.15, 0.2) is 23.5 Å². The van der Waals surface area contributed by atoms with Crippen molar-refractivity contribution >= 4 is 0 Å². The highest BCUT2D eigenvalue weighted by atomic mass is 14.9. The van der Waals surface area contributed by atoms with Crippen LogP contribution in [0.2, 0.25) is 0 Å². The minimum absolute atomic E-state index is 1.23. The molecule has 0 aromatic rings. The summed E-state index contributed by atoms with van der Waals surface area (Å²) >= 11 is 0. The number of hydrogen-bond acceptors (Lipinski definition) is 0. The Labute approximate surface area is 203 Å². The first-order valence-corrected chi connectivity index (χ1v) is 14.9. The lowest BCUT2D eigenvalue weighted by Crippen LogP contribution is -1.89. The van der Waals surface area contributed by atoms with Crippen molar-refractivity contribution in [1.29, 1.82) is 0 Å². The molecular weight excluding hydrogens is 386 g/mol. The molecule has 1 heteroatoms. The standard InChI is InChI=1S/C31H58N/c1-3-4-5-6-7-8-9-10-11-12-13-14-15-16-17-18-19-20-21-22-23-24-25-26-27-31-28-29-32-30(31)2/h28-29H,3-27H2,1-2H3. The van der Waals surface area contributed by atoms with Crippen LogP contribution in [0.25, 0.3) is 0 Å². The average Bonchev–Trinajstić information content (AvgIpc) is 3.21. The number of unbranched alkanes of at least 4 members (excludes halogenated alkanes) is 23. The fraction of sp³-hybridized carbons (Fsp3) is 0.871. The second-order valence-electron chi connectivity index (χ2n) is 10.4. The molecule has 1 heterocycles. The molecule has 0 amide bonds. The van der Waals surface area contributed by atoms with E-state index in [1.54, 1.807) is 0 Å². The van der Waals surface area contributed by atoms with Crippen LogP contribution in [0.4, 0.5) is 0 Å². The first kappa shape index (κ1) is 29.3. The molecule has 0 saturated carbocycles. The zero-order valence-corrected chi connectivity index (χ0v) is 22.3. The van der Waals surface area contributed by atoms with Crippen molar-refractivity contribution in [2.75, 3.05) is 0 Å². The molecule has 0 unspecified atom stereocenters. The van der Waals surface area contributed by atoms with E-state index in [0.717, 1.165) is 0 Å². The summed E-state index contributed by atoms with van der Waals surface area (Å²) in [7, 11) is 0. The third-order valence-electron chi connectivity index (χ3n) is 7.31. The van der Waals surface area contributed by atoms with Crippen molar-refractivity contribution in [3.05, 3.63) is 23.5 Å². The van der Waals surface area contributed by atoms with E-state index in [1.807, 2.05) is 6.20 Å². The van der Waals surface area contributed by atoms with E-state index in [2.05, 4.69) is 25.2 Å². The number of hydrogen-bond donors (Lipinski definition) is 0. The third kappa shape index (κ3) is 18.8. The summed E-state index contributed by atoms with van der Waals surface area (Å²) in [5, 5.41) is 4.33. The maximum absolute atomic E-state index is 4.33. The van der Waals surface area contributed by atoms with Gasteiger partial charge in [0.15, 0.2) is 0 Å². The Morgan fingerprint density at radius 1 is 0.469 bits per heavy atom. The van der Waals surface area contributed by atoms with Crippen molar-refractivity contribution in [3.8, 4) is 0 Å². The van der Waals surface area contributed by atoms with Gasteiger partial charge in [0.1, 0.15) is 0 Å². The molecule has 1 aliphatic heterocycles. The average molecular weight is 445 g/mol. The first-order chi connectivity index (χ1) is 15.8. The Morgan fingerprint density at radius 3 is 1.06 bits per heavy atom. The Bertz CT molecular complexity index is 447. The fourth-order valence-electron chi connectivity index (χ4n) is 4.98. The van der Waals surface area contributed by atoms with Crippen LogP contribution in [0, 0.1) is 0 Å². The Hall–Kier alpha value is -0.720. The molecule has 0 bridgehead atoms. The van der Waals surface area contributed by atoms with Crippen LogP contribution in [-0.4, -0.2) is 0 Å². The van der Waals surface area contributed by atoms with Gasteiger partial charge in [-0.1, -0.05) is 155 Å². The van der Waals surface area contributed by atoms with Gasteiger partial charge in [-0.3, -0.25) is 5.32 Å². The van der Waals surface area contributed by atoms with Gasteiger partial charge in [-0.15, -0.1) is 0 Å². The van der Waals surface area contributed by atoms with Gasteiger partial charge in [0, 0.05) is 11.9 Å². The minimum atomic E-state index is 1.23. The fourth-order valence-corrected chi connectivity index (χ4v) is 4.98. The van der Waals surface area contributed by atoms with Gasteiger partial charge < -0.3 is 0 Å². The summed E-state index contributed by atoms with van der Waals surface area (Å²) in [6.07, 6.45) is 40.4. The Balaban J connectivity index is 1.64. The van der Waals surface area contributed by atoms with Crippen LogP contribution < -0.4 is 5.32 Å². The largest absolute Gasteiger partial charge is 0.261 e. The molecule has 0 atom stereocenters. The predicted molar refractivity (Wildman–Crippen MR) is 145 cm³/mol. The maximum Gasteiger partial charge on any atom is 0.0405 e. The molecule has 0 saturated heterocycles. The SMILES string of the molecule is CCCCCCCCCCCCCCCCCCCCCCCCCCC1=C(C)[N]C=C1. The molecule has 1 aliphatic rings. The van der Waals surface area contributed by atoms with Gasteiger partial charge >= 0.3 is 0 Å². The van der Waals surface area contributed by atoms with Crippen molar-refractivity contribution in [2.24, 2.45) is 0 Å². The third-order valence-corrected chi connectivity index (χ3v) is 7.31. The summed E-state index contributed by atoms with van der Waals surface area (Å²) in [6, 6.07) is 0. The molecule has 0 aromatic heterocycles. The number of rotatable bonds is 25. The number of allylic oxidation sites excluding steroid dienone is 3. The summed E-state index contributed by atoms with van der Waals surface area (Å²) < 4.78 is 0. The zero-order chi connectivity index (χ0) is 23.0. The number of nitrogens with zero attached hydrogens (tertiary/aromatic N) is 1. The molecule has 0 fully saturated rings. The Morgan fingerprint density at radius 2 is 0.781 bits per heavy atom. The normalized spacial score (nSPS) is 13.3. The molecule has 32 heavy (non-hydrogen) atoms. The predicted octanol–water partition coefficient (Wildman–Crippen LogP) is 11.2. The van der Waals surface area contributed by atoms with Gasteiger partial charge in [0.2, 0.25) is 0 Å². The van der Waals surface area contributed by atoms with E-state index in [9.17, 15) is 0 Å². The molecule has 0 aliphatic carbocycles. The van der Waals surface area contributed by atoms with E-state index in [1.165, 1.54) is 172 Å². The summed E-state index contributed by atoms with van der Waals surface area (Å²) in [5.74, 6) is 0. The lowest BCUT2D eigenvalue weighted by atomic mass is 10.0. The smallest absolute Gasteiger partial charge is 0.0405 e. The molecule has 187 valence electrons. The van der Waals surface area contributed by atoms with Crippen LogP contribution >= 0.6 is 0 Å². The van der Waals surface area contributed by atoms with E-state index >= 15 is 0 Å². The molecule has 0 N–H and O–H groups in total. The van der Waals surface area contributed by atoms with Crippen molar-refractivity contribution in [1.82, 2.24) is 5.32 Å². The summed E-state index contributed by atoms with van der Waals surface area (Å²) in [5.41, 5.74) is 2.70. The topological polar surface area (TPSA) is 14.1 Å². The quantitative estimate of drug-likeness (QED) is 0.124. The molecule has 0 spiro atoms. The van der Waals surface area contributed by atoms with E-state index < -0.39 is 0 Å². The summed E-state index contributed by atoms with van der Waals surface area (Å²) in [4.78, 5) is 0. The lowest BCUT2D eigenvalue weighted by molar-refractivity contribution is 0.517. The second-order valence-corrected chi connectivity index (χ2v) is 10.4. The van der Waals surface area contributed by atoms with Crippen LogP contribution in [0.3, 0.4) is 0 Å². The highest BCUT2D eigenvalue weighted by Crippen LogP contribution is 2.19. The monoisotopic (exact) mass is 444 g/mol. The molecule has 1 radical (unpaired) electrons. The highest BCUT2D eigenvalue weighted by Gasteiger charge is 2.04. The van der Waals surface area contributed by atoms with Gasteiger partial charge in [-0.25, -0.2) is 0 Å². The first-order valence-electron chi connectivity index (χ1n) is 14.9. The van der Waals surface area contributed by atoms with Gasteiger partial charge in [0.25, 0.3) is 0 Å². The highest BCUT2D eigenvalue weighted by molar-refractivity contribution is 5.29. The zero-order valence-electron chi connectivity index (χ0n) is 22.3. The lowest BCUT2D eigenvalue weighted by Gasteiger charge is -2.05. The second kappa shape index (κ2) is 23.4. The molecular formula is C31H58N. The van der Waals surface area contributed by atoms with Crippen molar-refractivity contribution in [3.63, 3.8) is 0 Å². The maximum atomic E-state index is 4.33. The van der Waals surface area contributed by atoms with Crippen LogP contribution in [0.1, 0.15) is 174 Å². The van der Waals surface area contributed by atoms with Gasteiger partial charge in [0.05, 0.1) is 0 Å².